The summed E-state index contributed by atoms with van der Waals surface area (Å²) in [6.45, 7) is 8.89. The van der Waals surface area contributed by atoms with Crippen molar-refractivity contribution in [1.29, 1.82) is 0 Å². The highest BCUT2D eigenvalue weighted by Gasteiger charge is 2.11. The van der Waals surface area contributed by atoms with Gasteiger partial charge in [0.1, 0.15) is 6.61 Å². The molecule has 0 aromatic heterocycles. The summed E-state index contributed by atoms with van der Waals surface area (Å²) in [7, 11) is 0. The summed E-state index contributed by atoms with van der Waals surface area (Å²) in [5, 5.41) is 3.39. The van der Waals surface area contributed by atoms with Crippen molar-refractivity contribution in [2.45, 2.75) is 33.7 Å². The Kier molecular flexibility index (Phi) is 8.16. The number of benzene rings is 1. The molecule has 0 bridgehead atoms. The Morgan fingerprint density at radius 1 is 1.30 bits per heavy atom. The van der Waals surface area contributed by atoms with E-state index in [0.717, 1.165) is 42.1 Å². The van der Waals surface area contributed by atoms with Crippen LogP contribution in [0.3, 0.4) is 0 Å². The van der Waals surface area contributed by atoms with Crippen LogP contribution in [0.1, 0.15) is 32.8 Å². The Hall–Kier alpha value is -1.19. The van der Waals surface area contributed by atoms with Crippen LogP contribution in [0.2, 0.25) is 0 Å². The second-order valence-electron chi connectivity index (χ2n) is 4.60. The minimum atomic E-state index is 0.467. The van der Waals surface area contributed by atoms with Gasteiger partial charge in [0.05, 0.1) is 6.61 Å². The van der Waals surface area contributed by atoms with Gasteiger partial charge in [-0.2, -0.15) is 0 Å². The van der Waals surface area contributed by atoms with Crippen LogP contribution in [0.25, 0.3) is 0 Å². The number of hydrogen-bond donors (Lipinski definition) is 1. The molecule has 0 spiro atoms. The molecule has 0 saturated heterocycles. The molecule has 0 aliphatic carbocycles. The van der Waals surface area contributed by atoms with E-state index in [-0.39, 0.29) is 0 Å². The monoisotopic (exact) mass is 297 g/mol. The normalized spacial score (nSPS) is 11.5. The lowest BCUT2D eigenvalue weighted by atomic mass is 10.1. The minimum absolute atomic E-state index is 0.467. The van der Waals surface area contributed by atoms with E-state index in [9.17, 15) is 0 Å². The first-order valence-electron chi connectivity index (χ1n) is 7.06. The van der Waals surface area contributed by atoms with Crippen molar-refractivity contribution in [3.63, 3.8) is 0 Å². The van der Waals surface area contributed by atoms with Gasteiger partial charge in [-0.1, -0.05) is 30.7 Å². The summed E-state index contributed by atoms with van der Waals surface area (Å²) in [5.74, 6) is 1.58. The van der Waals surface area contributed by atoms with Crippen molar-refractivity contribution in [2.75, 3.05) is 19.8 Å². The van der Waals surface area contributed by atoms with Gasteiger partial charge in [0.25, 0.3) is 0 Å². The summed E-state index contributed by atoms with van der Waals surface area (Å²) in [5.41, 5.74) is 3.62. The molecular weight excluding hydrogens is 274 g/mol. The van der Waals surface area contributed by atoms with Gasteiger partial charge in [0, 0.05) is 17.6 Å². The molecule has 3 nitrogen and oxygen atoms in total. The molecule has 0 unspecified atom stereocenters. The molecule has 0 fully saturated rings. The fourth-order valence-corrected chi connectivity index (χ4v) is 1.81. The molecule has 0 amide bonds. The Labute approximate surface area is 126 Å². The highest BCUT2D eigenvalue weighted by molar-refractivity contribution is 6.25. The molecule has 1 N–H and O–H groups in total. The fourth-order valence-electron chi connectivity index (χ4n) is 1.75. The van der Waals surface area contributed by atoms with Gasteiger partial charge in [-0.25, -0.2) is 0 Å². The minimum Gasteiger partial charge on any atom is -0.490 e. The van der Waals surface area contributed by atoms with E-state index in [4.69, 9.17) is 21.1 Å². The molecule has 0 saturated carbocycles. The van der Waals surface area contributed by atoms with Crippen molar-refractivity contribution in [3.8, 4) is 11.5 Å². The molecule has 0 aliphatic rings. The summed E-state index contributed by atoms with van der Waals surface area (Å²) in [4.78, 5) is 0. The molecule has 4 heteroatoms. The number of ether oxygens (including phenoxy) is 2. The molecule has 1 rings (SSSR count). The van der Waals surface area contributed by atoms with E-state index < -0.39 is 0 Å². The molecule has 1 aromatic carbocycles. The number of rotatable bonds is 9. The lowest BCUT2D eigenvalue weighted by Gasteiger charge is -2.16. The maximum Gasteiger partial charge on any atom is 0.166 e. The van der Waals surface area contributed by atoms with Crippen LogP contribution in [0.4, 0.5) is 0 Å². The van der Waals surface area contributed by atoms with Crippen LogP contribution in [-0.4, -0.2) is 19.8 Å². The average Bonchev–Trinajstić information content (AvgIpc) is 2.46. The fraction of sp³-hybridized carbons (Fsp3) is 0.500. The Bertz CT molecular complexity index is 432. The first kappa shape index (κ1) is 16.9. The van der Waals surface area contributed by atoms with Gasteiger partial charge in [-0.15, -0.1) is 0 Å². The SMILES string of the molecule is CCCNCc1cccc(OCC)c1OC/C(C)=C/Cl. The largest absolute Gasteiger partial charge is 0.490 e. The van der Waals surface area contributed by atoms with Crippen LogP contribution >= 0.6 is 11.6 Å². The van der Waals surface area contributed by atoms with Gasteiger partial charge >= 0.3 is 0 Å². The summed E-state index contributed by atoms with van der Waals surface area (Å²) < 4.78 is 11.5. The zero-order valence-corrected chi connectivity index (χ0v) is 13.3. The first-order chi connectivity index (χ1) is 9.72. The number of hydrogen-bond acceptors (Lipinski definition) is 3. The van der Waals surface area contributed by atoms with Crippen molar-refractivity contribution in [1.82, 2.24) is 5.32 Å². The molecule has 1 aromatic rings. The van der Waals surface area contributed by atoms with Gasteiger partial charge in [-0.05, 0) is 38.5 Å². The van der Waals surface area contributed by atoms with E-state index in [1.54, 1.807) is 0 Å². The zero-order chi connectivity index (χ0) is 14.8. The van der Waals surface area contributed by atoms with Crippen molar-refractivity contribution in [3.05, 3.63) is 34.9 Å². The Morgan fingerprint density at radius 3 is 2.75 bits per heavy atom. The van der Waals surface area contributed by atoms with E-state index in [1.165, 1.54) is 5.54 Å². The van der Waals surface area contributed by atoms with Crippen molar-refractivity contribution >= 4 is 11.6 Å². The lowest BCUT2D eigenvalue weighted by molar-refractivity contribution is 0.290. The maximum atomic E-state index is 5.89. The van der Waals surface area contributed by atoms with Crippen molar-refractivity contribution < 1.29 is 9.47 Å². The molecule has 0 radical (unpaired) electrons. The van der Waals surface area contributed by atoms with Gasteiger partial charge in [0.15, 0.2) is 11.5 Å². The predicted molar refractivity (Wildman–Crippen MR) is 84.7 cm³/mol. The topological polar surface area (TPSA) is 30.5 Å². The molecule has 20 heavy (non-hydrogen) atoms. The van der Waals surface area contributed by atoms with E-state index >= 15 is 0 Å². The average molecular weight is 298 g/mol. The standard InChI is InChI=1S/C16H24ClNO2/c1-4-9-18-11-14-7-6-8-15(19-5-2)16(14)20-12-13(3)10-17/h6-8,10,18H,4-5,9,11-12H2,1-3H3/b13-10+. The van der Waals surface area contributed by atoms with Gasteiger partial charge in [-0.3, -0.25) is 0 Å². The highest BCUT2D eigenvalue weighted by Crippen LogP contribution is 2.31. The third kappa shape index (κ3) is 5.43. The van der Waals surface area contributed by atoms with Crippen LogP contribution in [-0.2, 0) is 6.54 Å². The van der Waals surface area contributed by atoms with Gasteiger partial charge in [0.2, 0.25) is 0 Å². The van der Waals surface area contributed by atoms with Crippen molar-refractivity contribution in [2.24, 2.45) is 0 Å². The van der Waals surface area contributed by atoms with E-state index in [2.05, 4.69) is 18.3 Å². The number of para-hydroxylation sites is 1. The second-order valence-corrected chi connectivity index (χ2v) is 4.82. The van der Waals surface area contributed by atoms with Crippen LogP contribution < -0.4 is 14.8 Å². The van der Waals surface area contributed by atoms with E-state index in [1.807, 2.05) is 26.0 Å². The summed E-state index contributed by atoms with van der Waals surface area (Å²) >= 11 is 5.68. The smallest absolute Gasteiger partial charge is 0.166 e. The first-order valence-corrected chi connectivity index (χ1v) is 7.50. The summed E-state index contributed by atoms with van der Waals surface area (Å²) in [6.07, 6.45) is 1.11. The molecule has 0 heterocycles. The summed E-state index contributed by atoms with van der Waals surface area (Å²) in [6, 6.07) is 5.98. The zero-order valence-electron chi connectivity index (χ0n) is 12.5. The molecule has 0 aliphatic heterocycles. The maximum absolute atomic E-state index is 5.89. The van der Waals surface area contributed by atoms with Gasteiger partial charge < -0.3 is 14.8 Å². The Balaban J connectivity index is 2.87. The third-order valence-corrected chi connectivity index (χ3v) is 3.11. The lowest BCUT2D eigenvalue weighted by Crippen LogP contribution is -2.15. The van der Waals surface area contributed by atoms with E-state index in [0.29, 0.717) is 13.2 Å². The van der Waals surface area contributed by atoms with Crippen LogP contribution in [0, 0.1) is 0 Å². The molecular formula is C16H24ClNO2. The molecule has 0 atom stereocenters. The van der Waals surface area contributed by atoms with Crippen LogP contribution in [0.5, 0.6) is 11.5 Å². The predicted octanol–water partition coefficient (Wildman–Crippen LogP) is 4.11. The number of nitrogens with one attached hydrogen (secondary N) is 1. The quantitative estimate of drug-likeness (QED) is 0.696. The highest BCUT2D eigenvalue weighted by atomic mass is 35.5. The Morgan fingerprint density at radius 2 is 2.10 bits per heavy atom. The number of halogens is 1. The van der Waals surface area contributed by atoms with Crippen LogP contribution in [0.15, 0.2) is 29.3 Å². The third-order valence-electron chi connectivity index (χ3n) is 2.73. The second kappa shape index (κ2) is 9.67. The molecule has 112 valence electrons.